The van der Waals surface area contributed by atoms with Crippen molar-refractivity contribution in [3.63, 3.8) is 0 Å². The molecule has 132 valence electrons. The van der Waals surface area contributed by atoms with Gasteiger partial charge < -0.3 is 5.32 Å². The van der Waals surface area contributed by atoms with Crippen LogP contribution in [-0.2, 0) is 6.18 Å². The molecule has 9 heteroatoms. The van der Waals surface area contributed by atoms with Gasteiger partial charge in [-0.05, 0) is 11.6 Å². The van der Waals surface area contributed by atoms with E-state index < -0.39 is 30.4 Å². The van der Waals surface area contributed by atoms with Gasteiger partial charge >= 0.3 is 12.4 Å². The molecule has 0 radical (unpaired) electrons. The predicted octanol–water partition coefficient (Wildman–Crippen LogP) is 4.03. The largest absolute Gasteiger partial charge is 0.416 e. The maximum absolute atomic E-state index is 13.1. The highest BCUT2D eigenvalue weighted by molar-refractivity contribution is 5.85. The van der Waals surface area contributed by atoms with Crippen molar-refractivity contribution in [2.24, 2.45) is 0 Å². The molecule has 1 aliphatic rings. The summed E-state index contributed by atoms with van der Waals surface area (Å²) in [6.45, 7) is 1.49. The number of halogens is 7. The van der Waals surface area contributed by atoms with Crippen molar-refractivity contribution in [2.75, 3.05) is 26.2 Å². The molecule has 23 heavy (non-hydrogen) atoms. The van der Waals surface area contributed by atoms with E-state index >= 15 is 0 Å². The maximum Gasteiger partial charge on any atom is 0.416 e. The Morgan fingerprint density at radius 1 is 1.00 bits per heavy atom. The summed E-state index contributed by atoms with van der Waals surface area (Å²) in [6.07, 6.45) is -10.5. The van der Waals surface area contributed by atoms with Gasteiger partial charge in [0, 0.05) is 32.2 Å². The van der Waals surface area contributed by atoms with E-state index in [9.17, 15) is 26.3 Å². The SMILES string of the molecule is Cl.FC(F)(F)C[C@H](c1ccccc1C(F)(F)F)N1CCNCC1. The minimum Gasteiger partial charge on any atom is -0.314 e. The van der Waals surface area contributed by atoms with Crippen molar-refractivity contribution in [3.8, 4) is 0 Å². The third-order valence-electron chi connectivity index (χ3n) is 3.64. The highest BCUT2D eigenvalue weighted by atomic mass is 35.5. The number of rotatable bonds is 3. The standard InChI is InChI=1S/C14H16F6N2.ClH/c15-13(16,17)9-12(22-7-5-21-6-8-22)10-3-1-2-4-11(10)14(18,19)20;/h1-4,12,21H,5-9H2;1H/t12-;/m1./s1. The van der Waals surface area contributed by atoms with E-state index in [0.717, 1.165) is 12.1 Å². The van der Waals surface area contributed by atoms with Gasteiger partial charge in [0.05, 0.1) is 12.0 Å². The second-order valence-electron chi connectivity index (χ2n) is 5.21. The van der Waals surface area contributed by atoms with Crippen molar-refractivity contribution < 1.29 is 26.3 Å². The quantitative estimate of drug-likeness (QED) is 0.817. The first-order valence-electron chi connectivity index (χ1n) is 6.86. The second-order valence-corrected chi connectivity index (χ2v) is 5.21. The van der Waals surface area contributed by atoms with E-state index in [2.05, 4.69) is 5.32 Å². The first kappa shape index (κ1) is 20.1. The zero-order valence-electron chi connectivity index (χ0n) is 12.0. The van der Waals surface area contributed by atoms with Crippen molar-refractivity contribution in [3.05, 3.63) is 35.4 Å². The van der Waals surface area contributed by atoms with Gasteiger partial charge in [0.1, 0.15) is 0 Å². The van der Waals surface area contributed by atoms with Gasteiger partial charge in [-0.3, -0.25) is 4.90 Å². The van der Waals surface area contributed by atoms with Crippen LogP contribution < -0.4 is 5.32 Å². The van der Waals surface area contributed by atoms with Gasteiger partial charge in [0.2, 0.25) is 0 Å². The molecule has 1 aliphatic heterocycles. The Hall–Kier alpha value is -0.990. The Bertz CT molecular complexity index is 497. The summed E-state index contributed by atoms with van der Waals surface area (Å²) < 4.78 is 77.8. The molecule has 1 heterocycles. The number of benzene rings is 1. The van der Waals surface area contributed by atoms with Crippen molar-refractivity contribution >= 4 is 12.4 Å². The lowest BCUT2D eigenvalue weighted by Gasteiger charge is -2.36. The number of nitrogens with one attached hydrogen (secondary N) is 1. The topological polar surface area (TPSA) is 15.3 Å². The minimum absolute atomic E-state index is 0. The van der Waals surface area contributed by atoms with Crippen LogP contribution in [0.3, 0.4) is 0 Å². The highest BCUT2D eigenvalue weighted by Gasteiger charge is 2.41. The maximum atomic E-state index is 13.1. The van der Waals surface area contributed by atoms with E-state index in [1.807, 2.05) is 0 Å². The summed E-state index contributed by atoms with van der Waals surface area (Å²) in [7, 11) is 0. The monoisotopic (exact) mass is 362 g/mol. The lowest BCUT2D eigenvalue weighted by molar-refractivity contribution is -0.153. The van der Waals surface area contributed by atoms with Crippen LogP contribution in [0.25, 0.3) is 0 Å². The van der Waals surface area contributed by atoms with Gasteiger partial charge in [0.15, 0.2) is 0 Å². The summed E-state index contributed by atoms with van der Waals surface area (Å²) in [5.41, 5.74) is -1.31. The van der Waals surface area contributed by atoms with Gasteiger partial charge in [0.25, 0.3) is 0 Å². The zero-order chi connectivity index (χ0) is 16.4. The third-order valence-corrected chi connectivity index (χ3v) is 3.64. The molecular formula is C14H17ClF6N2. The number of alkyl halides is 6. The predicted molar refractivity (Wildman–Crippen MR) is 76.5 cm³/mol. The zero-order valence-corrected chi connectivity index (χ0v) is 12.9. The van der Waals surface area contributed by atoms with Crippen LogP contribution in [0.5, 0.6) is 0 Å². The number of piperazine rings is 1. The first-order chi connectivity index (χ1) is 10.2. The Morgan fingerprint density at radius 2 is 1.57 bits per heavy atom. The van der Waals surface area contributed by atoms with Crippen LogP contribution >= 0.6 is 12.4 Å². The molecule has 1 aromatic rings. The first-order valence-corrected chi connectivity index (χ1v) is 6.86. The van der Waals surface area contributed by atoms with E-state index in [4.69, 9.17) is 0 Å². The molecule has 1 fully saturated rings. The fourth-order valence-corrected chi connectivity index (χ4v) is 2.69. The Kier molecular flexibility index (Phi) is 6.73. The third kappa shape index (κ3) is 5.54. The summed E-state index contributed by atoms with van der Waals surface area (Å²) in [5.74, 6) is 0. The van der Waals surface area contributed by atoms with Crippen LogP contribution in [0.1, 0.15) is 23.6 Å². The van der Waals surface area contributed by atoms with Crippen LogP contribution in [0, 0.1) is 0 Å². The summed E-state index contributed by atoms with van der Waals surface area (Å²) in [4.78, 5) is 1.47. The molecule has 0 saturated carbocycles. The van der Waals surface area contributed by atoms with Crippen molar-refractivity contribution in [1.82, 2.24) is 10.2 Å². The molecular weight excluding hydrogens is 346 g/mol. The Labute approximate surface area is 136 Å². The molecule has 0 aromatic heterocycles. The molecule has 2 rings (SSSR count). The van der Waals surface area contributed by atoms with Gasteiger partial charge in [-0.25, -0.2) is 0 Å². The summed E-state index contributed by atoms with van der Waals surface area (Å²) in [6, 6.07) is 3.19. The number of hydrogen-bond acceptors (Lipinski definition) is 2. The highest BCUT2D eigenvalue weighted by Crippen LogP contribution is 2.40. The molecule has 1 N–H and O–H groups in total. The molecule has 0 amide bonds. The molecule has 0 aliphatic carbocycles. The minimum atomic E-state index is -4.67. The van der Waals surface area contributed by atoms with E-state index in [0.29, 0.717) is 13.1 Å². The lowest BCUT2D eigenvalue weighted by atomic mass is 9.95. The van der Waals surface area contributed by atoms with Crippen molar-refractivity contribution in [1.29, 1.82) is 0 Å². The van der Waals surface area contributed by atoms with Crippen molar-refractivity contribution in [2.45, 2.75) is 24.8 Å². The second kappa shape index (κ2) is 7.72. The molecule has 2 nitrogen and oxygen atoms in total. The normalized spacial score (nSPS) is 18.3. The molecule has 0 unspecified atom stereocenters. The smallest absolute Gasteiger partial charge is 0.314 e. The van der Waals surface area contributed by atoms with Crippen LogP contribution in [0.4, 0.5) is 26.3 Å². The van der Waals surface area contributed by atoms with E-state index in [-0.39, 0.29) is 31.1 Å². The Balaban J connectivity index is 0.00000264. The van der Waals surface area contributed by atoms with E-state index in [1.165, 1.54) is 17.0 Å². The molecule has 0 spiro atoms. The average molecular weight is 363 g/mol. The fourth-order valence-electron chi connectivity index (χ4n) is 2.69. The fraction of sp³-hybridized carbons (Fsp3) is 0.571. The molecule has 1 aromatic carbocycles. The number of nitrogens with zero attached hydrogens (tertiary/aromatic N) is 1. The van der Waals surface area contributed by atoms with Gasteiger partial charge in [-0.1, -0.05) is 18.2 Å². The molecule has 1 saturated heterocycles. The van der Waals surface area contributed by atoms with Crippen LogP contribution in [-0.4, -0.2) is 37.3 Å². The number of hydrogen-bond donors (Lipinski definition) is 1. The Morgan fingerprint density at radius 3 is 2.09 bits per heavy atom. The molecule has 0 bridgehead atoms. The van der Waals surface area contributed by atoms with E-state index in [1.54, 1.807) is 0 Å². The lowest BCUT2D eigenvalue weighted by Crippen LogP contribution is -2.46. The van der Waals surface area contributed by atoms with Crippen LogP contribution in [0.15, 0.2) is 24.3 Å². The van der Waals surface area contributed by atoms with Crippen LogP contribution in [0.2, 0.25) is 0 Å². The summed E-state index contributed by atoms with van der Waals surface area (Å²) >= 11 is 0. The average Bonchev–Trinajstić information content (AvgIpc) is 2.44. The van der Waals surface area contributed by atoms with Gasteiger partial charge in [-0.15, -0.1) is 12.4 Å². The van der Waals surface area contributed by atoms with Gasteiger partial charge in [-0.2, -0.15) is 26.3 Å². The molecule has 1 atom stereocenters. The summed E-state index contributed by atoms with van der Waals surface area (Å²) in [5, 5.41) is 2.98.